The average Bonchev–Trinajstić information content (AvgIpc) is 2.87. The molecule has 0 fully saturated rings. The maximum Gasteiger partial charge on any atom is 0.227 e. The van der Waals surface area contributed by atoms with E-state index in [4.69, 9.17) is 5.73 Å². The maximum absolute atomic E-state index is 11.9. The molecular formula is C18H21N3O2. The molecule has 1 unspecified atom stereocenters. The molecule has 0 saturated carbocycles. The minimum atomic E-state index is -0.805. The number of amides is 1. The van der Waals surface area contributed by atoms with Crippen LogP contribution in [-0.2, 0) is 11.3 Å². The second-order valence-electron chi connectivity index (χ2n) is 5.64. The summed E-state index contributed by atoms with van der Waals surface area (Å²) in [5, 5.41) is 14.6. The van der Waals surface area contributed by atoms with Crippen LogP contribution in [0.15, 0.2) is 42.5 Å². The number of benzene rings is 2. The number of nitrogens with zero attached hydrogens (tertiary/aromatic N) is 1. The van der Waals surface area contributed by atoms with Gasteiger partial charge < -0.3 is 20.7 Å². The van der Waals surface area contributed by atoms with E-state index in [1.807, 2.05) is 30.3 Å². The van der Waals surface area contributed by atoms with Crippen molar-refractivity contribution in [2.24, 2.45) is 5.73 Å². The Labute approximate surface area is 134 Å². The van der Waals surface area contributed by atoms with Crippen LogP contribution in [0.3, 0.4) is 0 Å². The van der Waals surface area contributed by atoms with Gasteiger partial charge in [-0.15, -0.1) is 0 Å². The van der Waals surface area contributed by atoms with Gasteiger partial charge in [-0.1, -0.05) is 18.2 Å². The van der Waals surface area contributed by atoms with E-state index in [0.29, 0.717) is 0 Å². The minimum Gasteiger partial charge on any atom is -0.391 e. The zero-order valence-corrected chi connectivity index (χ0v) is 13.1. The van der Waals surface area contributed by atoms with Gasteiger partial charge in [0.25, 0.3) is 0 Å². The molecule has 0 aliphatic heterocycles. The molecule has 1 aromatic heterocycles. The van der Waals surface area contributed by atoms with Crippen LogP contribution >= 0.6 is 0 Å². The van der Waals surface area contributed by atoms with Gasteiger partial charge in [-0.05, 0) is 31.2 Å². The lowest BCUT2D eigenvalue weighted by molar-refractivity contribution is -0.117. The number of carbonyl (C=O) groups is 1. The fourth-order valence-electron chi connectivity index (χ4n) is 2.98. The predicted octanol–water partition coefficient (Wildman–Crippen LogP) is 2.46. The Morgan fingerprint density at radius 2 is 1.96 bits per heavy atom. The van der Waals surface area contributed by atoms with Crippen molar-refractivity contribution in [3.63, 3.8) is 0 Å². The quantitative estimate of drug-likeness (QED) is 0.677. The van der Waals surface area contributed by atoms with Gasteiger partial charge in [-0.2, -0.15) is 0 Å². The highest BCUT2D eigenvalue weighted by molar-refractivity contribution is 6.09. The number of aryl methyl sites for hydroxylation is 1. The lowest BCUT2D eigenvalue weighted by Gasteiger charge is -2.09. The van der Waals surface area contributed by atoms with Crippen LogP contribution < -0.4 is 11.1 Å². The van der Waals surface area contributed by atoms with Crippen molar-refractivity contribution < 1.29 is 9.90 Å². The van der Waals surface area contributed by atoms with Gasteiger partial charge in [0.1, 0.15) is 0 Å². The molecule has 23 heavy (non-hydrogen) atoms. The highest BCUT2D eigenvalue weighted by atomic mass is 16.3. The summed E-state index contributed by atoms with van der Waals surface area (Å²) in [6, 6.07) is 14.1. The van der Waals surface area contributed by atoms with Crippen molar-refractivity contribution in [1.29, 1.82) is 0 Å². The number of hydrogen-bond donors (Lipinski definition) is 3. The van der Waals surface area contributed by atoms with E-state index in [1.165, 1.54) is 10.9 Å². The smallest absolute Gasteiger partial charge is 0.227 e. The Balaban J connectivity index is 1.99. The largest absolute Gasteiger partial charge is 0.391 e. The summed E-state index contributed by atoms with van der Waals surface area (Å²) >= 11 is 0. The number of aliphatic hydroxyl groups is 1. The first kappa shape index (κ1) is 15.5. The van der Waals surface area contributed by atoms with Crippen LogP contribution in [0, 0.1) is 0 Å². The van der Waals surface area contributed by atoms with Gasteiger partial charge in [0.05, 0.1) is 12.5 Å². The highest BCUT2D eigenvalue weighted by Crippen LogP contribution is 2.30. The Morgan fingerprint density at radius 3 is 2.70 bits per heavy atom. The molecule has 0 spiro atoms. The summed E-state index contributed by atoms with van der Waals surface area (Å²) in [6.45, 7) is 3.09. The third-order valence-electron chi connectivity index (χ3n) is 4.07. The average molecular weight is 311 g/mol. The van der Waals surface area contributed by atoms with Crippen LogP contribution in [0.1, 0.15) is 13.3 Å². The Kier molecular flexibility index (Phi) is 4.32. The van der Waals surface area contributed by atoms with Crippen molar-refractivity contribution in [3.8, 4) is 0 Å². The first-order valence-corrected chi connectivity index (χ1v) is 7.83. The molecule has 1 amide bonds. The number of rotatable bonds is 5. The number of anilines is 1. The van der Waals surface area contributed by atoms with Crippen molar-refractivity contribution in [2.75, 3.05) is 11.9 Å². The van der Waals surface area contributed by atoms with Gasteiger partial charge in [0.15, 0.2) is 0 Å². The minimum absolute atomic E-state index is 0.00522. The molecule has 3 aromatic rings. The molecule has 0 radical (unpaired) electrons. The molecule has 5 nitrogen and oxygen atoms in total. The van der Waals surface area contributed by atoms with Crippen molar-refractivity contribution in [1.82, 2.24) is 4.57 Å². The van der Waals surface area contributed by atoms with Crippen LogP contribution in [-0.4, -0.2) is 28.2 Å². The van der Waals surface area contributed by atoms with Crippen molar-refractivity contribution >= 4 is 33.4 Å². The molecule has 4 N–H and O–H groups in total. The fourth-order valence-corrected chi connectivity index (χ4v) is 2.98. The predicted molar refractivity (Wildman–Crippen MR) is 93.4 cm³/mol. The molecular weight excluding hydrogens is 290 g/mol. The van der Waals surface area contributed by atoms with E-state index >= 15 is 0 Å². The molecule has 0 aliphatic rings. The number of para-hydroxylation sites is 1. The lowest BCUT2D eigenvalue weighted by Crippen LogP contribution is -2.26. The lowest BCUT2D eigenvalue weighted by atomic mass is 10.1. The van der Waals surface area contributed by atoms with Crippen LogP contribution in [0.2, 0.25) is 0 Å². The summed E-state index contributed by atoms with van der Waals surface area (Å²) < 4.78 is 2.26. The zero-order chi connectivity index (χ0) is 16.4. The summed E-state index contributed by atoms with van der Waals surface area (Å²) in [7, 11) is 0. The van der Waals surface area contributed by atoms with Gasteiger partial charge in [-0.3, -0.25) is 4.79 Å². The Bertz CT molecular complexity index is 854. The number of aromatic nitrogens is 1. The molecule has 120 valence electrons. The normalized spacial score (nSPS) is 12.7. The molecule has 5 heteroatoms. The van der Waals surface area contributed by atoms with E-state index < -0.39 is 6.10 Å². The summed E-state index contributed by atoms with van der Waals surface area (Å²) in [4.78, 5) is 11.9. The number of hydrogen-bond acceptors (Lipinski definition) is 3. The maximum atomic E-state index is 11.9. The molecule has 0 saturated heterocycles. The van der Waals surface area contributed by atoms with Crippen LogP contribution in [0.25, 0.3) is 21.8 Å². The zero-order valence-electron chi connectivity index (χ0n) is 13.1. The molecule has 2 aromatic carbocycles. The second-order valence-corrected chi connectivity index (χ2v) is 5.64. The number of nitrogens with one attached hydrogen (secondary N) is 1. The van der Waals surface area contributed by atoms with Crippen molar-refractivity contribution in [3.05, 3.63) is 42.5 Å². The summed E-state index contributed by atoms with van der Waals surface area (Å²) in [6.07, 6.45) is -0.800. The Hall–Kier alpha value is -2.37. The second kappa shape index (κ2) is 6.40. The van der Waals surface area contributed by atoms with Crippen molar-refractivity contribution in [2.45, 2.75) is 26.0 Å². The SMILES string of the molecule is CCn1c2ccccc2c2cc(NC(=O)CC(O)CN)ccc21. The van der Waals surface area contributed by atoms with Crippen LogP contribution in [0.5, 0.6) is 0 Å². The molecule has 1 atom stereocenters. The third-order valence-corrected chi connectivity index (χ3v) is 4.07. The molecule has 3 rings (SSSR count). The standard InChI is InChI=1S/C18H21N3O2/c1-2-21-16-6-4-3-5-14(16)15-9-12(7-8-17(15)21)20-18(23)10-13(22)11-19/h3-9,13,22H,2,10-11,19H2,1H3,(H,20,23). The third kappa shape index (κ3) is 2.93. The van der Waals surface area contributed by atoms with E-state index in [-0.39, 0.29) is 18.9 Å². The molecule has 1 heterocycles. The first-order chi connectivity index (χ1) is 11.1. The molecule has 0 bridgehead atoms. The van der Waals surface area contributed by atoms with Crippen LogP contribution in [0.4, 0.5) is 5.69 Å². The number of fused-ring (bicyclic) bond motifs is 3. The number of carbonyl (C=O) groups excluding carboxylic acids is 1. The first-order valence-electron chi connectivity index (χ1n) is 7.83. The fraction of sp³-hybridized carbons (Fsp3) is 0.278. The van der Waals surface area contributed by atoms with E-state index in [9.17, 15) is 9.90 Å². The summed E-state index contributed by atoms with van der Waals surface area (Å²) in [5.74, 6) is -0.235. The van der Waals surface area contributed by atoms with Gasteiger partial charge in [-0.25, -0.2) is 0 Å². The Morgan fingerprint density at radius 1 is 1.22 bits per heavy atom. The van der Waals surface area contributed by atoms with E-state index in [0.717, 1.165) is 23.1 Å². The summed E-state index contributed by atoms with van der Waals surface area (Å²) in [5.41, 5.74) is 8.40. The highest BCUT2D eigenvalue weighted by Gasteiger charge is 2.12. The topological polar surface area (TPSA) is 80.3 Å². The molecule has 0 aliphatic carbocycles. The van der Waals surface area contributed by atoms with E-state index in [2.05, 4.69) is 28.9 Å². The van der Waals surface area contributed by atoms with Gasteiger partial charge in [0.2, 0.25) is 5.91 Å². The number of nitrogens with two attached hydrogens (primary N) is 1. The van der Waals surface area contributed by atoms with Gasteiger partial charge in [0, 0.05) is 40.6 Å². The number of aliphatic hydroxyl groups excluding tert-OH is 1. The van der Waals surface area contributed by atoms with Gasteiger partial charge >= 0.3 is 0 Å². The van der Waals surface area contributed by atoms with E-state index in [1.54, 1.807) is 0 Å². The monoisotopic (exact) mass is 311 g/mol.